The van der Waals surface area contributed by atoms with Gasteiger partial charge in [0.1, 0.15) is 0 Å². The minimum Gasteiger partial charge on any atom is -0.493 e. The Hall–Kier alpha value is -2.66. The van der Waals surface area contributed by atoms with Crippen LogP contribution in [0.25, 0.3) is 5.69 Å². The van der Waals surface area contributed by atoms with Crippen molar-refractivity contribution >= 4 is 47.2 Å². The molecule has 166 valence electrons. The predicted octanol–water partition coefficient (Wildman–Crippen LogP) is 4.36. The van der Waals surface area contributed by atoms with Crippen molar-refractivity contribution in [2.75, 3.05) is 33.7 Å². The highest BCUT2D eigenvalue weighted by molar-refractivity contribution is 14.0. The number of guanidine groups is 1. The molecule has 0 aliphatic rings. The van der Waals surface area contributed by atoms with Gasteiger partial charge in [-0.1, -0.05) is 11.6 Å². The number of methoxy groups -OCH3 is 3. The van der Waals surface area contributed by atoms with Gasteiger partial charge in [0.15, 0.2) is 17.5 Å². The van der Waals surface area contributed by atoms with Gasteiger partial charge in [0.2, 0.25) is 5.75 Å². The van der Waals surface area contributed by atoms with Crippen LogP contribution in [-0.2, 0) is 6.54 Å². The highest BCUT2D eigenvalue weighted by Crippen LogP contribution is 2.39. The zero-order valence-corrected chi connectivity index (χ0v) is 20.8. The van der Waals surface area contributed by atoms with Crippen molar-refractivity contribution in [2.45, 2.75) is 6.54 Å². The number of ether oxygens (including phenoxy) is 3. The maximum Gasteiger partial charge on any atom is 0.203 e. The number of aliphatic imine (C=N–C) groups is 1. The van der Waals surface area contributed by atoms with Gasteiger partial charge in [-0.2, -0.15) is 5.10 Å². The number of rotatable bonds is 7. The molecule has 0 unspecified atom stereocenters. The molecule has 31 heavy (non-hydrogen) atoms. The number of anilines is 1. The van der Waals surface area contributed by atoms with E-state index in [1.165, 1.54) is 0 Å². The Kier molecular flexibility index (Phi) is 9.25. The normalized spacial score (nSPS) is 10.8. The molecule has 0 spiro atoms. The highest BCUT2D eigenvalue weighted by Gasteiger charge is 2.14. The topological polar surface area (TPSA) is 81.9 Å². The Morgan fingerprint density at radius 2 is 1.71 bits per heavy atom. The third kappa shape index (κ3) is 6.17. The van der Waals surface area contributed by atoms with E-state index in [1.807, 2.05) is 42.6 Å². The molecule has 0 aliphatic carbocycles. The monoisotopic (exact) mass is 557 g/mol. The number of hydrogen-bond acceptors (Lipinski definition) is 5. The van der Waals surface area contributed by atoms with Crippen molar-refractivity contribution in [1.29, 1.82) is 0 Å². The van der Waals surface area contributed by atoms with Crippen LogP contribution in [0.3, 0.4) is 0 Å². The molecule has 8 nitrogen and oxygen atoms in total. The fourth-order valence-electron chi connectivity index (χ4n) is 2.84. The van der Waals surface area contributed by atoms with E-state index in [0.717, 1.165) is 16.9 Å². The van der Waals surface area contributed by atoms with E-state index in [-0.39, 0.29) is 24.0 Å². The van der Waals surface area contributed by atoms with Crippen LogP contribution in [0, 0.1) is 0 Å². The summed E-state index contributed by atoms with van der Waals surface area (Å²) in [6, 6.07) is 11.1. The van der Waals surface area contributed by atoms with Crippen molar-refractivity contribution in [1.82, 2.24) is 15.1 Å². The lowest BCUT2D eigenvalue weighted by molar-refractivity contribution is 0.324. The zero-order valence-electron chi connectivity index (χ0n) is 17.7. The lowest BCUT2D eigenvalue weighted by Gasteiger charge is -2.16. The summed E-state index contributed by atoms with van der Waals surface area (Å²) in [6.45, 7) is 0.539. The summed E-state index contributed by atoms with van der Waals surface area (Å²) < 4.78 is 17.9. The largest absolute Gasteiger partial charge is 0.493 e. The van der Waals surface area contributed by atoms with Crippen LogP contribution in [0.2, 0.25) is 5.02 Å². The number of aromatic nitrogens is 2. The van der Waals surface area contributed by atoms with Gasteiger partial charge in [0.25, 0.3) is 0 Å². The van der Waals surface area contributed by atoms with Crippen LogP contribution in [0.15, 0.2) is 53.8 Å². The van der Waals surface area contributed by atoms with E-state index in [2.05, 4.69) is 20.7 Å². The minimum absolute atomic E-state index is 0. The van der Waals surface area contributed by atoms with Crippen LogP contribution >= 0.6 is 35.6 Å². The second kappa shape index (κ2) is 11.7. The molecular weight excluding hydrogens is 533 g/mol. The molecule has 2 aromatic carbocycles. The number of halogens is 2. The Balaban J connectivity index is 0.00000341. The summed E-state index contributed by atoms with van der Waals surface area (Å²) in [4.78, 5) is 4.27. The van der Waals surface area contributed by atoms with E-state index in [9.17, 15) is 0 Å². The second-order valence-electron chi connectivity index (χ2n) is 6.23. The standard InChI is InChI=1S/C21H24ClN5O3.HI/c1-23-21(26-16-9-18(28-2)20(30-4)19(10-16)29-3)24-11-14-12-25-27(13-14)17-7-5-15(22)6-8-17;/h5-10,12-13H,11H2,1-4H3,(H2,23,24,26);1H. The Labute approximate surface area is 203 Å². The van der Waals surface area contributed by atoms with Crippen molar-refractivity contribution in [3.8, 4) is 22.9 Å². The average Bonchev–Trinajstić information content (AvgIpc) is 3.25. The maximum absolute atomic E-state index is 5.94. The molecule has 0 saturated heterocycles. The van der Waals surface area contributed by atoms with Gasteiger partial charge in [-0.05, 0) is 24.3 Å². The molecule has 0 fully saturated rings. The Morgan fingerprint density at radius 1 is 1.06 bits per heavy atom. The van der Waals surface area contributed by atoms with E-state index in [1.54, 1.807) is 39.3 Å². The molecule has 0 saturated carbocycles. The third-order valence-electron chi connectivity index (χ3n) is 4.34. The van der Waals surface area contributed by atoms with Crippen molar-refractivity contribution in [3.63, 3.8) is 0 Å². The van der Waals surface area contributed by atoms with Gasteiger partial charge in [-0.3, -0.25) is 4.99 Å². The quantitative estimate of drug-likeness (QED) is 0.255. The van der Waals surface area contributed by atoms with Crippen molar-refractivity contribution < 1.29 is 14.2 Å². The van der Waals surface area contributed by atoms with Crippen molar-refractivity contribution in [3.05, 3.63) is 59.4 Å². The van der Waals surface area contributed by atoms with Gasteiger partial charge in [-0.15, -0.1) is 24.0 Å². The van der Waals surface area contributed by atoms with Crippen LogP contribution in [-0.4, -0.2) is 44.1 Å². The van der Waals surface area contributed by atoms with Gasteiger partial charge in [-0.25, -0.2) is 4.68 Å². The average molecular weight is 558 g/mol. The molecular formula is C21H25ClIN5O3. The van der Waals surface area contributed by atoms with Gasteiger partial charge in [0, 0.05) is 48.2 Å². The van der Waals surface area contributed by atoms with Crippen molar-refractivity contribution in [2.24, 2.45) is 4.99 Å². The third-order valence-corrected chi connectivity index (χ3v) is 4.59. The minimum atomic E-state index is 0. The smallest absolute Gasteiger partial charge is 0.203 e. The number of hydrogen-bond donors (Lipinski definition) is 2. The summed E-state index contributed by atoms with van der Waals surface area (Å²) in [7, 11) is 6.42. The first-order valence-corrected chi connectivity index (χ1v) is 9.53. The highest BCUT2D eigenvalue weighted by atomic mass is 127. The summed E-state index contributed by atoms with van der Waals surface area (Å²) in [6.07, 6.45) is 3.75. The molecule has 0 radical (unpaired) electrons. The summed E-state index contributed by atoms with van der Waals surface area (Å²) in [5.41, 5.74) is 2.68. The van der Waals surface area contributed by atoms with Gasteiger partial charge < -0.3 is 24.8 Å². The van der Waals surface area contributed by atoms with Crippen LogP contribution in [0.5, 0.6) is 17.2 Å². The Bertz CT molecular complexity index is 999. The first kappa shape index (κ1) is 24.6. The molecule has 10 heteroatoms. The lowest BCUT2D eigenvalue weighted by atomic mass is 10.2. The SMILES string of the molecule is CN=C(NCc1cnn(-c2ccc(Cl)cc2)c1)Nc1cc(OC)c(OC)c(OC)c1.I. The number of benzene rings is 2. The predicted molar refractivity (Wildman–Crippen MR) is 134 cm³/mol. The van der Waals surface area contributed by atoms with E-state index < -0.39 is 0 Å². The van der Waals surface area contributed by atoms with Crippen LogP contribution in [0.1, 0.15) is 5.56 Å². The molecule has 0 aliphatic heterocycles. The van der Waals surface area contributed by atoms with Crippen LogP contribution in [0.4, 0.5) is 5.69 Å². The molecule has 3 aromatic rings. The fourth-order valence-corrected chi connectivity index (χ4v) is 2.97. The Morgan fingerprint density at radius 3 is 2.26 bits per heavy atom. The molecule has 3 rings (SSSR count). The summed E-state index contributed by atoms with van der Waals surface area (Å²) in [5, 5.41) is 11.6. The molecule has 1 aromatic heterocycles. The van der Waals surface area contributed by atoms with E-state index >= 15 is 0 Å². The van der Waals surface area contributed by atoms with E-state index in [4.69, 9.17) is 25.8 Å². The van der Waals surface area contributed by atoms with Gasteiger partial charge >= 0.3 is 0 Å². The second-order valence-corrected chi connectivity index (χ2v) is 6.67. The van der Waals surface area contributed by atoms with E-state index in [0.29, 0.717) is 34.8 Å². The first-order valence-electron chi connectivity index (χ1n) is 9.15. The lowest BCUT2D eigenvalue weighted by Crippen LogP contribution is -2.30. The molecule has 1 heterocycles. The molecule has 0 atom stereocenters. The molecule has 0 bridgehead atoms. The summed E-state index contributed by atoms with van der Waals surface area (Å²) in [5.74, 6) is 2.23. The zero-order chi connectivity index (χ0) is 21.5. The summed E-state index contributed by atoms with van der Waals surface area (Å²) >= 11 is 5.94. The first-order chi connectivity index (χ1) is 14.6. The van der Waals surface area contributed by atoms with Gasteiger partial charge in [0.05, 0.1) is 33.2 Å². The maximum atomic E-state index is 5.94. The molecule has 0 amide bonds. The van der Waals surface area contributed by atoms with Crippen LogP contribution < -0.4 is 24.8 Å². The number of nitrogens with one attached hydrogen (secondary N) is 2. The fraction of sp³-hybridized carbons (Fsp3) is 0.238. The molecule has 2 N–H and O–H groups in total. The number of nitrogens with zero attached hydrogens (tertiary/aromatic N) is 3.